The molecule has 4 aromatic rings. The van der Waals surface area contributed by atoms with Crippen molar-refractivity contribution >= 4 is 23.9 Å². The van der Waals surface area contributed by atoms with Crippen molar-refractivity contribution in [1.29, 1.82) is 0 Å². The molecule has 0 aliphatic carbocycles. The summed E-state index contributed by atoms with van der Waals surface area (Å²) in [4.78, 5) is 81.5. The van der Waals surface area contributed by atoms with Crippen molar-refractivity contribution in [1.82, 2.24) is 60.0 Å². The first-order chi connectivity index (χ1) is 30.9. The number of aromatic nitrogens is 4. The Bertz CT molecular complexity index is 2330. The Morgan fingerprint density at radius 2 is 1.02 bits per heavy atom. The Balaban J connectivity index is 0.850. The monoisotopic (exact) mass is 871 g/mol. The third kappa shape index (κ3) is 10.1. The van der Waals surface area contributed by atoms with Gasteiger partial charge in [0.15, 0.2) is 0 Å². The minimum Gasteiger partial charge on any atom is -0.340 e. The molecule has 4 N–H and O–H groups in total. The fourth-order valence-corrected chi connectivity index (χ4v) is 9.07. The molecule has 338 valence electrons. The zero-order valence-corrected chi connectivity index (χ0v) is 37.8. The minimum atomic E-state index is -0.634. The Morgan fingerprint density at radius 1 is 0.594 bits per heavy atom. The summed E-state index contributed by atoms with van der Waals surface area (Å²) in [6.45, 7) is 12.8. The summed E-state index contributed by atoms with van der Waals surface area (Å²) < 4.78 is 0. The molecule has 4 atom stereocenters. The summed E-state index contributed by atoms with van der Waals surface area (Å²) in [6.07, 6.45) is 6.97. The van der Waals surface area contributed by atoms with Crippen LogP contribution in [0.25, 0.3) is 22.5 Å². The van der Waals surface area contributed by atoms with Gasteiger partial charge in [-0.2, -0.15) is 0 Å². The normalized spacial score (nSPS) is 20.5. The lowest BCUT2D eigenvalue weighted by atomic mass is 10.0. The average molecular weight is 871 g/mol. The van der Waals surface area contributed by atoms with Crippen molar-refractivity contribution in [2.24, 2.45) is 5.92 Å². The number of nitrogens with zero attached hydrogens (tertiary/aromatic N) is 8. The van der Waals surface area contributed by atoms with E-state index in [-0.39, 0.29) is 41.9 Å². The quantitative estimate of drug-likeness (QED) is 0.178. The van der Waals surface area contributed by atoms with Crippen molar-refractivity contribution in [2.45, 2.75) is 70.6 Å². The highest BCUT2D eigenvalue weighted by molar-refractivity contribution is 5.88. The first kappa shape index (κ1) is 44.4. The van der Waals surface area contributed by atoms with Crippen LogP contribution in [-0.4, -0.2) is 165 Å². The number of urea groups is 2. The first-order valence-corrected chi connectivity index (χ1v) is 22.8. The van der Waals surface area contributed by atoms with Gasteiger partial charge >= 0.3 is 12.1 Å². The van der Waals surface area contributed by atoms with Crippen LogP contribution in [-0.2, 0) is 9.59 Å². The Hall–Kier alpha value is -6.18. The van der Waals surface area contributed by atoms with Crippen molar-refractivity contribution in [3.05, 3.63) is 83.7 Å². The predicted octanol–water partition coefficient (Wildman–Crippen LogP) is 4.52. The smallest absolute Gasteiger partial charge is 0.318 e. The summed E-state index contributed by atoms with van der Waals surface area (Å²) in [5.74, 6) is 7.81. The number of amides is 6. The number of nitrogens with one attached hydrogen (secondary N) is 4. The van der Waals surface area contributed by atoms with E-state index >= 15 is 0 Å². The van der Waals surface area contributed by atoms with Gasteiger partial charge in [-0.15, -0.1) is 0 Å². The number of benzene rings is 2. The Kier molecular flexibility index (Phi) is 13.7. The summed E-state index contributed by atoms with van der Waals surface area (Å²) in [5, 5.41) is 5.98. The summed E-state index contributed by atoms with van der Waals surface area (Å²) >= 11 is 0. The number of hydrogen-bond donors (Lipinski definition) is 4. The van der Waals surface area contributed by atoms with Gasteiger partial charge in [-0.3, -0.25) is 9.59 Å². The molecule has 0 radical (unpaired) electrons. The number of carbonyl (C=O) groups excluding carboxylic acids is 4. The molecule has 2 aromatic carbocycles. The summed E-state index contributed by atoms with van der Waals surface area (Å²) in [7, 11) is 4.09. The molecule has 16 heteroatoms. The highest BCUT2D eigenvalue weighted by Crippen LogP contribution is 2.34. The standard InChI is InChI=1S/C48H62N12O4/c1-32(2)42(54-48(64)58-28-24-56(5)25-29-58)46(62)60-21-7-9-41(60)44-50-31-39(53-44)37-18-14-35(15-19-37)11-10-34-12-16-36(17-13-34)38-30-49-43(52-38)40-8-6-20-59(40)45(61)33(3)51-47(63)57-26-22-55(4)23-27-57/h12-19,30-33,40-42H,6-9,20-29H2,1-5H3,(H,49,52)(H,50,53)(H,51,63)(H,54,64)/t33?,40-,41-,42-/m0/s1. The van der Waals surface area contributed by atoms with E-state index in [9.17, 15) is 19.2 Å². The van der Waals surface area contributed by atoms with Crippen LogP contribution in [0.2, 0.25) is 0 Å². The molecule has 6 heterocycles. The zero-order chi connectivity index (χ0) is 44.9. The van der Waals surface area contributed by atoms with Crippen LogP contribution in [0.1, 0.15) is 81.3 Å². The zero-order valence-electron chi connectivity index (χ0n) is 37.8. The molecule has 4 saturated heterocycles. The van der Waals surface area contributed by atoms with Gasteiger partial charge in [0.1, 0.15) is 23.7 Å². The number of aromatic amines is 2. The molecule has 2 aromatic heterocycles. The number of imidazole rings is 2. The summed E-state index contributed by atoms with van der Waals surface area (Å²) in [5.41, 5.74) is 5.41. The van der Waals surface area contributed by atoms with Gasteiger partial charge in [0, 0.05) is 76.6 Å². The number of likely N-dealkylation sites (N-methyl/N-ethyl adjacent to an activating group) is 2. The van der Waals surface area contributed by atoms with E-state index in [1.54, 1.807) is 16.7 Å². The number of H-pyrrole nitrogens is 2. The van der Waals surface area contributed by atoms with Crippen LogP contribution in [0, 0.1) is 17.8 Å². The molecule has 6 amide bonds. The van der Waals surface area contributed by atoms with E-state index in [0.29, 0.717) is 39.3 Å². The van der Waals surface area contributed by atoms with E-state index in [1.165, 1.54) is 0 Å². The number of hydrogen-bond acceptors (Lipinski definition) is 8. The van der Waals surface area contributed by atoms with Crippen LogP contribution in [0.3, 0.4) is 0 Å². The van der Waals surface area contributed by atoms with Crippen molar-refractivity contribution < 1.29 is 19.2 Å². The lowest BCUT2D eigenvalue weighted by molar-refractivity contribution is -0.135. The van der Waals surface area contributed by atoms with Crippen LogP contribution in [0.4, 0.5) is 9.59 Å². The lowest BCUT2D eigenvalue weighted by Crippen LogP contribution is -2.57. The number of likely N-dealkylation sites (tertiary alicyclic amines) is 2. The lowest BCUT2D eigenvalue weighted by Gasteiger charge is -2.35. The maximum Gasteiger partial charge on any atom is 0.318 e. The van der Waals surface area contributed by atoms with Gasteiger partial charge in [0.05, 0.1) is 35.9 Å². The van der Waals surface area contributed by atoms with E-state index in [1.807, 2.05) is 91.6 Å². The minimum absolute atomic E-state index is 0.0612. The molecule has 8 rings (SSSR count). The van der Waals surface area contributed by atoms with Crippen molar-refractivity contribution in [3.8, 4) is 34.4 Å². The van der Waals surface area contributed by atoms with Crippen LogP contribution < -0.4 is 10.6 Å². The molecule has 0 bridgehead atoms. The first-order valence-electron chi connectivity index (χ1n) is 22.8. The molecular weight excluding hydrogens is 809 g/mol. The molecule has 1 unspecified atom stereocenters. The van der Waals surface area contributed by atoms with E-state index in [4.69, 9.17) is 4.98 Å². The molecule has 4 aliphatic rings. The van der Waals surface area contributed by atoms with Crippen molar-refractivity contribution in [3.63, 3.8) is 0 Å². The second-order valence-corrected chi connectivity index (χ2v) is 18.1. The number of rotatable bonds is 9. The van der Waals surface area contributed by atoms with Gasteiger partial charge in [-0.1, -0.05) is 50.0 Å². The molecule has 64 heavy (non-hydrogen) atoms. The fraction of sp³-hybridized carbons (Fsp3) is 0.500. The summed E-state index contributed by atoms with van der Waals surface area (Å²) in [6, 6.07) is 14.0. The van der Waals surface area contributed by atoms with E-state index in [0.717, 1.165) is 97.2 Å². The predicted molar refractivity (Wildman–Crippen MR) is 245 cm³/mol. The van der Waals surface area contributed by atoms with Gasteiger partial charge in [0.2, 0.25) is 11.8 Å². The second kappa shape index (κ2) is 19.7. The van der Waals surface area contributed by atoms with Gasteiger partial charge in [-0.25, -0.2) is 19.6 Å². The maximum absolute atomic E-state index is 14.0. The Labute approximate surface area is 376 Å². The largest absolute Gasteiger partial charge is 0.340 e. The van der Waals surface area contributed by atoms with E-state index in [2.05, 4.69) is 54.3 Å². The van der Waals surface area contributed by atoms with Crippen LogP contribution in [0.5, 0.6) is 0 Å². The molecule has 0 saturated carbocycles. The average Bonchev–Trinajstić information content (AvgIpc) is 4.15. The maximum atomic E-state index is 14.0. The third-order valence-electron chi connectivity index (χ3n) is 13.1. The molecular formula is C48H62N12O4. The fourth-order valence-electron chi connectivity index (χ4n) is 9.07. The highest BCUT2D eigenvalue weighted by atomic mass is 16.2. The topological polar surface area (TPSA) is 169 Å². The van der Waals surface area contributed by atoms with Gasteiger partial charge < -0.3 is 50.0 Å². The number of piperazine rings is 2. The molecule has 4 aliphatic heterocycles. The molecule has 4 fully saturated rings. The Morgan fingerprint density at radius 3 is 1.45 bits per heavy atom. The van der Waals surface area contributed by atoms with Gasteiger partial charge in [-0.05, 0) is 88.0 Å². The van der Waals surface area contributed by atoms with Crippen molar-refractivity contribution in [2.75, 3.05) is 79.5 Å². The van der Waals surface area contributed by atoms with Crippen LogP contribution in [0.15, 0.2) is 60.9 Å². The SMILES string of the molecule is CC(NC(=O)N1CCN(C)CC1)C(=O)N1CCC[C@H]1c1ncc(-c2ccc(C#Cc3ccc(-c4cnc([C@@H]5CCCN5C(=O)[C@@H](NC(=O)N5CCN(C)CC5)C(C)C)[nH]4)cc3)cc2)[nH]1. The third-order valence-corrected chi connectivity index (χ3v) is 13.1. The van der Waals surface area contributed by atoms with Gasteiger partial charge in [0.25, 0.3) is 0 Å². The molecule has 16 nitrogen and oxygen atoms in total. The number of carbonyl (C=O) groups is 4. The van der Waals surface area contributed by atoms with Crippen LogP contribution >= 0.6 is 0 Å². The van der Waals surface area contributed by atoms with E-state index < -0.39 is 12.1 Å². The molecule has 0 spiro atoms. The second-order valence-electron chi connectivity index (χ2n) is 18.1. The highest BCUT2D eigenvalue weighted by Gasteiger charge is 2.39.